The molecule has 0 aromatic carbocycles. The average Bonchev–Trinajstić information content (AvgIpc) is 3.16. The molecule has 1 aliphatic rings. The number of aromatic nitrogens is 2. The largest absolute Gasteiger partial charge is 0.438 e. The number of oxazole rings is 1. The smallest absolute Gasteiger partial charge is 0.291 e. The van der Waals surface area contributed by atoms with Gasteiger partial charge in [-0.15, -0.1) is 0 Å². The molecule has 5 heteroatoms. The van der Waals surface area contributed by atoms with Crippen molar-refractivity contribution in [2.45, 2.75) is 38.6 Å². The van der Waals surface area contributed by atoms with Gasteiger partial charge in [0.05, 0.1) is 6.20 Å². The van der Waals surface area contributed by atoms with Crippen molar-refractivity contribution in [2.75, 3.05) is 6.54 Å². The van der Waals surface area contributed by atoms with Crippen LogP contribution in [0, 0.1) is 6.92 Å². The van der Waals surface area contributed by atoms with E-state index < -0.39 is 0 Å². The molecule has 0 bridgehead atoms. The first kappa shape index (κ1) is 13.8. The van der Waals surface area contributed by atoms with E-state index in [2.05, 4.69) is 16.0 Å². The molecule has 3 rings (SSSR count). The molecule has 0 spiro atoms. The molecule has 2 aromatic heterocycles. The Hall–Kier alpha value is -2.17. The third kappa shape index (κ3) is 3.12. The summed E-state index contributed by atoms with van der Waals surface area (Å²) in [5.74, 6) is 0.294. The molecule has 2 aromatic rings. The van der Waals surface area contributed by atoms with Gasteiger partial charge in [-0.2, -0.15) is 0 Å². The number of nitrogens with zero attached hydrogens (tertiary/aromatic N) is 3. The zero-order valence-electron chi connectivity index (χ0n) is 12.2. The quantitative estimate of drug-likeness (QED) is 0.866. The van der Waals surface area contributed by atoms with Crippen molar-refractivity contribution in [1.29, 1.82) is 0 Å². The highest BCUT2D eigenvalue weighted by molar-refractivity contribution is 5.91. The Kier molecular flexibility index (Phi) is 3.99. The highest BCUT2D eigenvalue weighted by Gasteiger charge is 2.30. The predicted octanol–water partition coefficient (Wildman–Crippen LogP) is 2.62. The molecule has 3 heterocycles. The van der Waals surface area contributed by atoms with Gasteiger partial charge in [0.2, 0.25) is 5.76 Å². The number of carbonyl (C=O) groups is 1. The Balaban J connectivity index is 1.63. The van der Waals surface area contributed by atoms with Crippen LogP contribution >= 0.6 is 0 Å². The summed E-state index contributed by atoms with van der Waals surface area (Å²) in [6.45, 7) is 2.80. The van der Waals surface area contributed by atoms with Gasteiger partial charge in [-0.25, -0.2) is 4.98 Å². The number of pyridine rings is 1. The Bertz CT molecular complexity index is 610. The van der Waals surface area contributed by atoms with E-state index in [1.807, 2.05) is 24.1 Å². The van der Waals surface area contributed by atoms with Crippen LogP contribution in [0.1, 0.15) is 41.1 Å². The maximum Gasteiger partial charge on any atom is 0.291 e. The van der Waals surface area contributed by atoms with E-state index in [1.54, 1.807) is 0 Å². The third-order valence-electron chi connectivity index (χ3n) is 4.01. The minimum Gasteiger partial charge on any atom is -0.438 e. The van der Waals surface area contributed by atoms with E-state index in [1.165, 1.54) is 18.2 Å². The Morgan fingerprint density at radius 3 is 3.19 bits per heavy atom. The van der Waals surface area contributed by atoms with Crippen LogP contribution in [-0.4, -0.2) is 33.4 Å². The predicted molar refractivity (Wildman–Crippen MR) is 77.9 cm³/mol. The van der Waals surface area contributed by atoms with Crippen LogP contribution in [0.2, 0.25) is 0 Å². The molecule has 0 saturated carbocycles. The first-order valence-corrected chi connectivity index (χ1v) is 7.35. The fraction of sp³-hybridized carbons (Fsp3) is 0.438. The van der Waals surface area contributed by atoms with E-state index >= 15 is 0 Å². The van der Waals surface area contributed by atoms with Gasteiger partial charge >= 0.3 is 0 Å². The van der Waals surface area contributed by atoms with E-state index in [0.717, 1.165) is 37.9 Å². The SMILES string of the molecule is Cc1cc(CC[C@@H]2CCCN2C(=O)c2cnco2)ccn1. The Morgan fingerprint density at radius 2 is 2.43 bits per heavy atom. The van der Waals surface area contributed by atoms with Crippen LogP contribution in [0.5, 0.6) is 0 Å². The Labute approximate surface area is 124 Å². The van der Waals surface area contributed by atoms with Gasteiger partial charge < -0.3 is 9.32 Å². The average molecular weight is 285 g/mol. The molecule has 1 amide bonds. The summed E-state index contributed by atoms with van der Waals surface area (Å²) in [6, 6.07) is 4.44. The molecule has 0 aliphatic carbocycles. The van der Waals surface area contributed by atoms with Crippen LogP contribution in [0.3, 0.4) is 0 Å². The van der Waals surface area contributed by atoms with Gasteiger partial charge in [-0.3, -0.25) is 9.78 Å². The molecule has 1 atom stereocenters. The molecule has 0 N–H and O–H groups in total. The number of hydrogen-bond donors (Lipinski definition) is 0. The molecule has 1 aliphatic heterocycles. The highest BCUT2D eigenvalue weighted by atomic mass is 16.3. The summed E-state index contributed by atoms with van der Waals surface area (Å²) >= 11 is 0. The van der Waals surface area contributed by atoms with Crippen LogP contribution in [0.4, 0.5) is 0 Å². The molecule has 1 fully saturated rings. The van der Waals surface area contributed by atoms with Crippen LogP contribution < -0.4 is 0 Å². The van der Waals surface area contributed by atoms with E-state index in [0.29, 0.717) is 5.76 Å². The van der Waals surface area contributed by atoms with Crippen LogP contribution in [-0.2, 0) is 6.42 Å². The van der Waals surface area contributed by atoms with Crippen LogP contribution in [0.25, 0.3) is 0 Å². The second-order valence-electron chi connectivity index (χ2n) is 5.50. The van der Waals surface area contributed by atoms with Crippen molar-refractivity contribution in [1.82, 2.24) is 14.9 Å². The van der Waals surface area contributed by atoms with E-state index in [-0.39, 0.29) is 11.9 Å². The molecule has 110 valence electrons. The number of likely N-dealkylation sites (tertiary alicyclic amines) is 1. The van der Waals surface area contributed by atoms with Crippen molar-refractivity contribution >= 4 is 5.91 Å². The van der Waals surface area contributed by atoms with Gasteiger partial charge in [0.25, 0.3) is 5.91 Å². The van der Waals surface area contributed by atoms with Crippen molar-refractivity contribution in [2.24, 2.45) is 0 Å². The second kappa shape index (κ2) is 6.08. The third-order valence-corrected chi connectivity index (χ3v) is 4.01. The molecule has 0 radical (unpaired) electrons. The molecular weight excluding hydrogens is 266 g/mol. The standard InChI is InChI=1S/C16H19N3O2/c1-12-9-13(6-7-18-12)4-5-14-3-2-8-19(14)16(20)15-10-17-11-21-15/h6-7,9-11,14H,2-5,8H2,1H3/t14-/m0/s1. The van der Waals surface area contributed by atoms with Crippen molar-refractivity contribution in [3.63, 3.8) is 0 Å². The zero-order chi connectivity index (χ0) is 14.7. The van der Waals surface area contributed by atoms with Gasteiger partial charge in [0, 0.05) is 24.5 Å². The fourth-order valence-corrected chi connectivity index (χ4v) is 2.96. The topological polar surface area (TPSA) is 59.2 Å². The lowest BCUT2D eigenvalue weighted by atomic mass is 10.0. The summed E-state index contributed by atoms with van der Waals surface area (Å²) in [5, 5.41) is 0. The summed E-state index contributed by atoms with van der Waals surface area (Å²) in [4.78, 5) is 22.3. The summed E-state index contributed by atoms with van der Waals surface area (Å²) in [6.07, 6.45) is 8.69. The minimum absolute atomic E-state index is 0.0408. The molecule has 5 nitrogen and oxygen atoms in total. The minimum atomic E-state index is -0.0408. The maximum absolute atomic E-state index is 12.4. The lowest BCUT2D eigenvalue weighted by molar-refractivity contribution is 0.0698. The van der Waals surface area contributed by atoms with Gasteiger partial charge in [0.1, 0.15) is 0 Å². The lowest BCUT2D eigenvalue weighted by Crippen LogP contribution is -2.35. The van der Waals surface area contributed by atoms with Crippen molar-refractivity contribution in [3.8, 4) is 0 Å². The number of carbonyl (C=O) groups excluding carboxylic acids is 1. The van der Waals surface area contributed by atoms with E-state index in [4.69, 9.17) is 4.42 Å². The molecule has 1 saturated heterocycles. The number of rotatable bonds is 4. The highest BCUT2D eigenvalue weighted by Crippen LogP contribution is 2.24. The van der Waals surface area contributed by atoms with Crippen LogP contribution in [0.15, 0.2) is 35.3 Å². The maximum atomic E-state index is 12.4. The lowest BCUT2D eigenvalue weighted by Gasteiger charge is -2.23. The fourth-order valence-electron chi connectivity index (χ4n) is 2.96. The number of aryl methyl sites for hydroxylation is 2. The van der Waals surface area contributed by atoms with E-state index in [9.17, 15) is 4.79 Å². The van der Waals surface area contributed by atoms with Gasteiger partial charge in [-0.05, 0) is 50.3 Å². The second-order valence-corrected chi connectivity index (χ2v) is 5.50. The normalized spacial score (nSPS) is 18.1. The number of hydrogen-bond acceptors (Lipinski definition) is 4. The molecular formula is C16H19N3O2. The van der Waals surface area contributed by atoms with Crippen molar-refractivity contribution in [3.05, 3.63) is 47.9 Å². The van der Waals surface area contributed by atoms with Gasteiger partial charge in [0.15, 0.2) is 6.39 Å². The summed E-state index contributed by atoms with van der Waals surface area (Å²) in [7, 11) is 0. The summed E-state index contributed by atoms with van der Waals surface area (Å²) < 4.78 is 5.12. The Morgan fingerprint density at radius 1 is 1.52 bits per heavy atom. The summed E-state index contributed by atoms with van der Waals surface area (Å²) in [5.41, 5.74) is 2.31. The first-order valence-electron chi connectivity index (χ1n) is 7.35. The monoisotopic (exact) mass is 285 g/mol. The van der Waals surface area contributed by atoms with Crippen molar-refractivity contribution < 1.29 is 9.21 Å². The first-order chi connectivity index (χ1) is 10.2. The zero-order valence-corrected chi connectivity index (χ0v) is 12.2. The molecule has 21 heavy (non-hydrogen) atoms. The van der Waals surface area contributed by atoms with Gasteiger partial charge in [-0.1, -0.05) is 0 Å². The molecule has 0 unspecified atom stereocenters. The number of amides is 1.